The minimum atomic E-state index is -0.131. The molecule has 0 atom stereocenters. The highest BCUT2D eigenvalue weighted by atomic mass is 79.9. The van der Waals surface area contributed by atoms with E-state index in [1.807, 2.05) is 43.3 Å². The van der Waals surface area contributed by atoms with Crippen LogP contribution in [0.15, 0.2) is 51.4 Å². The molecular formula is C14H11Br2NO. The first-order valence-corrected chi connectivity index (χ1v) is 6.99. The number of carbonyl (C=O) groups is 1. The quantitative estimate of drug-likeness (QED) is 0.812. The molecule has 0 radical (unpaired) electrons. The summed E-state index contributed by atoms with van der Waals surface area (Å²) in [5.41, 5.74) is 2.47. The first kappa shape index (κ1) is 13.3. The lowest BCUT2D eigenvalue weighted by Crippen LogP contribution is -2.13. The molecular weight excluding hydrogens is 358 g/mol. The standard InChI is InChI=1S/C14H11Br2NO/c1-9-5-4-8-12(13(9)16)17-14(18)10-6-2-3-7-11(10)15/h2-8H,1H3,(H,17,18). The number of benzene rings is 2. The van der Waals surface area contributed by atoms with Gasteiger partial charge in [-0.1, -0.05) is 24.3 Å². The SMILES string of the molecule is Cc1cccc(NC(=O)c2ccccc2Br)c1Br. The highest BCUT2D eigenvalue weighted by molar-refractivity contribution is 9.11. The molecule has 0 aromatic heterocycles. The molecule has 2 nitrogen and oxygen atoms in total. The van der Waals surface area contributed by atoms with Crippen LogP contribution >= 0.6 is 31.9 Å². The molecule has 4 heteroatoms. The highest BCUT2D eigenvalue weighted by Gasteiger charge is 2.11. The fourth-order valence-electron chi connectivity index (χ4n) is 1.58. The summed E-state index contributed by atoms with van der Waals surface area (Å²) in [7, 11) is 0. The lowest BCUT2D eigenvalue weighted by Gasteiger charge is -2.10. The van der Waals surface area contributed by atoms with Crippen LogP contribution in [-0.4, -0.2) is 5.91 Å². The molecule has 0 fully saturated rings. The van der Waals surface area contributed by atoms with Crippen LogP contribution in [0.1, 0.15) is 15.9 Å². The highest BCUT2D eigenvalue weighted by Crippen LogP contribution is 2.27. The van der Waals surface area contributed by atoms with E-state index in [4.69, 9.17) is 0 Å². The lowest BCUT2D eigenvalue weighted by atomic mass is 10.2. The van der Waals surface area contributed by atoms with Crippen molar-refractivity contribution >= 4 is 43.5 Å². The topological polar surface area (TPSA) is 29.1 Å². The smallest absolute Gasteiger partial charge is 0.256 e. The van der Waals surface area contributed by atoms with E-state index >= 15 is 0 Å². The van der Waals surface area contributed by atoms with Crippen molar-refractivity contribution in [2.45, 2.75) is 6.92 Å². The molecule has 0 saturated carbocycles. The zero-order chi connectivity index (χ0) is 13.1. The van der Waals surface area contributed by atoms with Crippen LogP contribution in [-0.2, 0) is 0 Å². The molecule has 2 aromatic rings. The van der Waals surface area contributed by atoms with Crippen molar-refractivity contribution in [3.8, 4) is 0 Å². The number of carbonyl (C=O) groups excluding carboxylic acids is 1. The maximum atomic E-state index is 12.1. The molecule has 2 aromatic carbocycles. The second-order valence-corrected chi connectivity index (χ2v) is 5.52. The zero-order valence-electron chi connectivity index (χ0n) is 9.71. The monoisotopic (exact) mass is 367 g/mol. The maximum absolute atomic E-state index is 12.1. The van der Waals surface area contributed by atoms with Gasteiger partial charge in [0, 0.05) is 8.95 Å². The Balaban J connectivity index is 2.27. The van der Waals surface area contributed by atoms with E-state index in [2.05, 4.69) is 37.2 Å². The van der Waals surface area contributed by atoms with Gasteiger partial charge in [0.1, 0.15) is 0 Å². The third kappa shape index (κ3) is 2.82. The number of aryl methyl sites for hydroxylation is 1. The maximum Gasteiger partial charge on any atom is 0.256 e. The van der Waals surface area contributed by atoms with Crippen molar-refractivity contribution in [1.29, 1.82) is 0 Å². The van der Waals surface area contributed by atoms with Crippen molar-refractivity contribution in [1.82, 2.24) is 0 Å². The van der Waals surface area contributed by atoms with E-state index in [9.17, 15) is 4.79 Å². The van der Waals surface area contributed by atoms with Crippen LogP contribution < -0.4 is 5.32 Å². The third-order valence-corrected chi connectivity index (χ3v) is 4.30. The summed E-state index contributed by atoms with van der Waals surface area (Å²) in [6.07, 6.45) is 0. The first-order valence-electron chi connectivity index (χ1n) is 5.40. The Hall–Kier alpha value is -1.13. The molecule has 2 rings (SSSR count). The van der Waals surface area contributed by atoms with Crippen LogP contribution in [0.2, 0.25) is 0 Å². The molecule has 0 aliphatic heterocycles. The molecule has 0 aliphatic rings. The van der Waals surface area contributed by atoms with E-state index in [1.54, 1.807) is 6.07 Å². The molecule has 18 heavy (non-hydrogen) atoms. The zero-order valence-corrected chi connectivity index (χ0v) is 12.9. The van der Waals surface area contributed by atoms with Crippen LogP contribution in [0.5, 0.6) is 0 Å². The van der Waals surface area contributed by atoms with Crippen LogP contribution in [0.25, 0.3) is 0 Å². The van der Waals surface area contributed by atoms with Gasteiger partial charge < -0.3 is 5.32 Å². The molecule has 1 N–H and O–H groups in total. The van der Waals surface area contributed by atoms with Crippen LogP contribution in [0.3, 0.4) is 0 Å². The van der Waals surface area contributed by atoms with Crippen molar-refractivity contribution < 1.29 is 4.79 Å². The number of hydrogen-bond acceptors (Lipinski definition) is 1. The Morgan fingerprint density at radius 1 is 1.06 bits per heavy atom. The predicted octanol–water partition coefficient (Wildman–Crippen LogP) is 4.77. The second kappa shape index (κ2) is 5.67. The second-order valence-electron chi connectivity index (χ2n) is 3.87. The summed E-state index contributed by atoms with van der Waals surface area (Å²) in [6, 6.07) is 13.1. The number of anilines is 1. The summed E-state index contributed by atoms with van der Waals surface area (Å²) < 4.78 is 1.69. The van der Waals surface area contributed by atoms with Gasteiger partial charge in [-0.2, -0.15) is 0 Å². The first-order chi connectivity index (χ1) is 8.59. The molecule has 0 aliphatic carbocycles. The van der Waals surface area contributed by atoms with Gasteiger partial charge in [0.15, 0.2) is 0 Å². The third-order valence-electron chi connectivity index (χ3n) is 2.56. The summed E-state index contributed by atoms with van der Waals surface area (Å²) in [4.78, 5) is 12.1. The summed E-state index contributed by atoms with van der Waals surface area (Å²) in [5, 5.41) is 2.89. The van der Waals surface area contributed by atoms with Gasteiger partial charge >= 0.3 is 0 Å². The van der Waals surface area contributed by atoms with E-state index in [1.165, 1.54) is 0 Å². The summed E-state index contributed by atoms with van der Waals surface area (Å²) in [5.74, 6) is -0.131. The Labute approximate surface area is 123 Å². The van der Waals surface area contributed by atoms with Crippen molar-refractivity contribution in [2.24, 2.45) is 0 Å². The van der Waals surface area contributed by atoms with Crippen molar-refractivity contribution in [3.05, 3.63) is 62.5 Å². The predicted molar refractivity (Wildman–Crippen MR) is 81.0 cm³/mol. The largest absolute Gasteiger partial charge is 0.321 e. The Kier molecular flexibility index (Phi) is 4.19. The Morgan fingerprint density at radius 2 is 1.78 bits per heavy atom. The van der Waals surface area contributed by atoms with E-state index in [-0.39, 0.29) is 5.91 Å². The number of hydrogen-bond donors (Lipinski definition) is 1. The van der Waals surface area contributed by atoms with Gasteiger partial charge in [-0.25, -0.2) is 0 Å². The number of amides is 1. The van der Waals surface area contributed by atoms with Crippen LogP contribution in [0, 0.1) is 6.92 Å². The molecule has 0 bridgehead atoms. The summed E-state index contributed by atoms with van der Waals surface area (Å²) >= 11 is 6.84. The van der Waals surface area contributed by atoms with Crippen molar-refractivity contribution in [2.75, 3.05) is 5.32 Å². The Morgan fingerprint density at radius 3 is 2.50 bits per heavy atom. The van der Waals surface area contributed by atoms with Gasteiger partial charge in [-0.3, -0.25) is 4.79 Å². The minimum absolute atomic E-state index is 0.131. The molecule has 0 saturated heterocycles. The fourth-order valence-corrected chi connectivity index (χ4v) is 2.41. The molecule has 1 amide bonds. The normalized spacial score (nSPS) is 10.2. The van der Waals surface area contributed by atoms with Gasteiger partial charge in [-0.05, 0) is 62.5 Å². The number of nitrogens with one attached hydrogen (secondary N) is 1. The molecule has 0 unspecified atom stereocenters. The lowest BCUT2D eigenvalue weighted by molar-refractivity contribution is 0.102. The van der Waals surface area contributed by atoms with Gasteiger partial charge in [-0.15, -0.1) is 0 Å². The van der Waals surface area contributed by atoms with Gasteiger partial charge in [0.05, 0.1) is 11.3 Å². The fraction of sp³-hybridized carbons (Fsp3) is 0.0714. The van der Waals surface area contributed by atoms with Crippen LogP contribution in [0.4, 0.5) is 5.69 Å². The average molecular weight is 369 g/mol. The number of rotatable bonds is 2. The molecule has 0 heterocycles. The summed E-state index contributed by atoms with van der Waals surface area (Å²) in [6.45, 7) is 1.98. The van der Waals surface area contributed by atoms with Gasteiger partial charge in [0.25, 0.3) is 5.91 Å². The van der Waals surface area contributed by atoms with E-state index in [0.29, 0.717) is 5.56 Å². The average Bonchev–Trinajstić information content (AvgIpc) is 2.35. The minimum Gasteiger partial charge on any atom is -0.321 e. The van der Waals surface area contributed by atoms with Crippen molar-refractivity contribution in [3.63, 3.8) is 0 Å². The van der Waals surface area contributed by atoms with E-state index in [0.717, 1.165) is 20.2 Å². The van der Waals surface area contributed by atoms with Gasteiger partial charge in [0.2, 0.25) is 0 Å². The van der Waals surface area contributed by atoms with E-state index < -0.39 is 0 Å². The Bertz CT molecular complexity index is 596. The molecule has 0 spiro atoms. The number of halogens is 2. The molecule has 92 valence electrons.